The van der Waals surface area contributed by atoms with Gasteiger partial charge in [0.05, 0.1) is 5.56 Å². The lowest BCUT2D eigenvalue weighted by molar-refractivity contribution is 0.100. The van der Waals surface area contributed by atoms with Crippen molar-refractivity contribution in [3.8, 4) is 11.3 Å². The Balaban J connectivity index is 2.25. The summed E-state index contributed by atoms with van der Waals surface area (Å²) < 4.78 is 1.33. The minimum Gasteiger partial charge on any atom is -0.350 e. The summed E-state index contributed by atoms with van der Waals surface area (Å²) in [5.74, 6) is -0.349. The van der Waals surface area contributed by atoms with Gasteiger partial charge in [-0.05, 0) is 32.9 Å². The number of carbonyl (C=O) groups is 2. The van der Waals surface area contributed by atoms with Gasteiger partial charge in [0.1, 0.15) is 11.4 Å². The average molecular weight is 375 g/mol. The van der Waals surface area contributed by atoms with Crippen LogP contribution in [0.4, 0.5) is 11.4 Å². The van der Waals surface area contributed by atoms with Crippen molar-refractivity contribution in [2.45, 2.75) is 27.3 Å². The van der Waals surface area contributed by atoms with E-state index in [-0.39, 0.29) is 28.4 Å². The zero-order valence-electron chi connectivity index (χ0n) is 16.0. The number of Topliss-reactive ketones (excluding diaryl/α,β-unsaturated/α-hetero) is 2. The lowest BCUT2D eigenvalue weighted by atomic mass is 10.0. The maximum Gasteiger partial charge on any atom is 0.291 e. The first-order valence-corrected chi connectivity index (χ1v) is 9.01. The van der Waals surface area contributed by atoms with E-state index in [1.807, 2.05) is 37.3 Å². The third kappa shape index (κ3) is 3.76. The molecule has 0 atom stereocenters. The van der Waals surface area contributed by atoms with E-state index >= 15 is 0 Å². The number of ketones is 2. The molecule has 28 heavy (non-hydrogen) atoms. The summed E-state index contributed by atoms with van der Waals surface area (Å²) in [4.78, 5) is 37.1. The quantitative estimate of drug-likeness (QED) is 0.657. The Morgan fingerprint density at radius 2 is 1.71 bits per heavy atom. The van der Waals surface area contributed by atoms with E-state index in [0.717, 1.165) is 5.56 Å². The maximum absolute atomic E-state index is 13.0. The summed E-state index contributed by atoms with van der Waals surface area (Å²) in [5, 5.41) is 7.48. The largest absolute Gasteiger partial charge is 0.350 e. The molecule has 3 aromatic rings. The highest BCUT2D eigenvalue weighted by atomic mass is 16.1. The molecule has 2 aromatic carbocycles. The van der Waals surface area contributed by atoms with Crippen molar-refractivity contribution in [2.24, 2.45) is 0 Å². The fourth-order valence-corrected chi connectivity index (χ4v) is 3.00. The van der Waals surface area contributed by atoms with Crippen molar-refractivity contribution in [1.82, 2.24) is 9.78 Å². The van der Waals surface area contributed by atoms with Gasteiger partial charge in [0.15, 0.2) is 11.6 Å². The highest BCUT2D eigenvalue weighted by Gasteiger charge is 2.22. The number of nitrogens with zero attached hydrogens (tertiary/aromatic N) is 2. The maximum atomic E-state index is 13.0. The fraction of sp³-hybridized carbons (Fsp3) is 0.182. The Morgan fingerprint density at radius 3 is 2.32 bits per heavy atom. The van der Waals surface area contributed by atoms with Crippen LogP contribution < -0.4 is 10.9 Å². The molecule has 0 aliphatic carbocycles. The number of aromatic nitrogens is 2. The molecule has 0 radical (unpaired) electrons. The molecular weight excluding hydrogens is 354 g/mol. The molecule has 0 unspecified atom stereocenters. The normalized spacial score (nSPS) is 10.5. The molecule has 1 N–H and O–H groups in total. The van der Waals surface area contributed by atoms with Gasteiger partial charge >= 0.3 is 0 Å². The van der Waals surface area contributed by atoms with Crippen molar-refractivity contribution in [2.75, 3.05) is 5.32 Å². The van der Waals surface area contributed by atoms with Crippen LogP contribution in [0.3, 0.4) is 0 Å². The van der Waals surface area contributed by atoms with Gasteiger partial charge in [0.25, 0.3) is 5.56 Å². The van der Waals surface area contributed by atoms with Crippen LogP contribution in [0.2, 0.25) is 0 Å². The molecule has 0 spiro atoms. The molecule has 0 fully saturated rings. The molecule has 0 amide bonds. The van der Waals surface area contributed by atoms with Crippen LogP contribution in [0.1, 0.15) is 41.5 Å². The van der Waals surface area contributed by atoms with Crippen LogP contribution in [0.5, 0.6) is 0 Å². The number of nitrogens with one attached hydrogen (secondary N) is 1. The van der Waals surface area contributed by atoms with Gasteiger partial charge in [-0.1, -0.05) is 42.5 Å². The second-order valence-electron chi connectivity index (χ2n) is 6.40. The standard InChI is InChI=1S/C22H21N3O3/c1-4-25-22(28)21(23-18-12-8-11-17(13-18)14(2)26)19(15(3)27)20(24-25)16-9-6-5-7-10-16/h5-13,23H,4H2,1-3H3. The predicted molar refractivity (Wildman–Crippen MR) is 109 cm³/mol. The third-order valence-electron chi connectivity index (χ3n) is 4.39. The SMILES string of the molecule is CCn1nc(-c2ccccc2)c(C(C)=O)c(Nc2cccc(C(C)=O)c2)c1=O. The van der Waals surface area contributed by atoms with E-state index in [0.29, 0.717) is 23.5 Å². The highest BCUT2D eigenvalue weighted by molar-refractivity contribution is 6.05. The van der Waals surface area contributed by atoms with Gasteiger partial charge in [0.2, 0.25) is 0 Å². The molecule has 142 valence electrons. The van der Waals surface area contributed by atoms with E-state index in [4.69, 9.17) is 0 Å². The molecule has 0 bridgehead atoms. The minimum absolute atomic E-state index is 0.0823. The molecule has 6 heteroatoms. The number of carbonyl (C=O) groups excluding carboxylic acids is 2. The van der Waals surface area contributed by atoms with Crippen molar-refractivity contribution in [3.05, 3.63) is 76.1 Å². The van der Waals surface area contributed by atoms with Crippen LogP contribution in [0, 0.1) is 0 Å². The molecule has 1 aromatic heterocycles. The zero-order valence-corrected chi connectivity index (χ0v) is 16.0. The van der Waals surface area contributed by atoms with E-state index in [1.165, 1.54) is 18.5 Å². The number of hydrogen-bond donors (Lipinski definition) is 1. The second kappa shape index (κ2) is 8.00. The summed E-state index contributed by atoms with van der Waals surface area (Å²) >= 11 is 0. The number of aryl methyl sites for hydroxylation is 1. The first-order valence-electron chi connectivity index (χ1n) is 9.01. The molecule has 0 saturated heterocycles. The van der Waals surface area contributed by atoms with Crippen molar-refractivity contribution >= 4 is 22.9 Å². The van der Waals surface area contributed by atoms with Crippen LogP contribution in [-0.2, 0) is 6.54 Å². The molecule has 0 saturated carbocycles. The summed E-state index contributed by atoms with van der Waals surface area (Å²) in [7, 11) is 0. The van der Waals surface area contributed by atoms with Crippen molar-refractivity contribution in [3.63, 3.8) is 0 Å². The van der Waals surface area contributed by atoms with Crippen LogP contribution >= 0.6 is 0 Å². The number of anilines is 2. The Kier molecular flexibility index (Phi) is 5.49. The lowest BCUT2D eigenvalue weighted by Crippen LogP contribution is -2.28. The summed E-state index contributed by atoms with van der Waals surface area (Å²) in [6.07, 6.45) is 0. The molecule has 3 rings (SSSR count). The summed E-state index contributed by atoms with van der Waals surface area (Å²) in [6.45, 7) is 5.07. The molecule has 0 aliphatic heterocycles. The smallest absolute Gasteiger partial charge is 0.291 e. The third-order valence-corrected chi connectivity index (χ3v) is 4.39. The summed E-state index contributed by atoms with van der Waals surface area (Å²) in [6, 6.07) is 16.1. The van der Waals surface area contributed by atoms with Gasteiger partial charge in [-0.15, -0.1) is 0 Å². The average Bonchev–Trinajstić information content (AvgIpc) is 2.69. The Hall–Kier alpha value is -3.54. The lowest BCUT2D eigenvalue weighted by Gasteiger charge is -2.16. The van der Waals surface area contributed by atoms with E-state index in [2.05, 4.69) is 10.4 Å². The van der Waals surface area contributed by atoms with Crippen LogP contribution in [-0.4, -0.2) is 21.3 Å². The zero-order chi connectivity index (χ0) is 20.3. The monoisotopic (exact) mass is 375 g/mol. The predicted octanol–water partition coefficient (Wildman–Crippen LogP) is 4.08. The van der Waals surface area contributed by atoms with Gasteiger partial charge in [0, 0.05) is 23.4 Å². The fourth-order valence-electron chi connectivity index (χ4n) is 3.00. The molecular formula is C22H21N3O3. The number of hydrogen-bond acceptors (Lipinski definition) is 5. The minimum atomic E-state index is -0.388. The van der Waals surface area contributed by atoms with E-state index < -0.39 is 0 Å². The van der Waals surface area contributed by atoms with E-state index in [9.17, 15) is 14.4 Å². The molecule has 1 heterocycles. The van der Waals surface area contributed by atoms with Crippen molar-refractivity contribution < 1.29 is 9.59 Å². The molecule has 0 aliphatic rings. The van der Waals surface area contributed by atoms with Gasteiger partial charge in [-0.2, -0.15) is 5.10 Å². The number of rotatable bonds is 6. The van der Waals surface area contributed by atoms with Crippen LogP contribution in [0.15, 0.2) is 59.4 Å². The Bertz CT molecular complexity index is 1100. The van der Waals surface area contributed by atoms with Gasteiger partial charge in [-0.3, -0.25) is 14.4 Å². The summed E-state index contributed by atoms with van der Waals surface area (Å²) in [5.41, 5.74) is 2.26. The first-order chi connectivity index (χ1) is 13.4. The number of benzene rings is 2. The topological polar surface area (TPSA) is 81.1 Å². The highest BCUT2D eigenvalue weighted by Crippen LogP contribution is 2.27. The first kappa shape index (κ1) is 19.2. The van der Waals surface area contributed by atoms with E-state index in [1.54, 1.807) is 24.3 Å². The van der Waals surface area contributed by atoms with Crippen LogP contribution in [0.25, 0.3) is 11.3 Å². The molecule has 6 nitrogen and oxygen atoms in total. The van der Waals surface area contributed by atoms with Crippen molar-refractivity contribution in [1.29, 1.82) is 0 Å². The Labute approximate surface area is 162 Å². The second-order valence-corrected chi connectivity index (χ2v) is 6.40. The van der Waals surface area contributed by atoms with Gasteiger partial charge in [-0.25, -0.2) is 4.68 Å². The Morgan fingerprint density at radius 1 is 1.00 bits per heavy atom. The van der Waals surface area contributed by atoms with Gasteiger partial charge < -0.3 is 5.32 Å².